The van der Waals surface area contributed by atoms with Crippen LogP contribution in [0.25, 0.3) is 28.0 Å². The predicted molar refractivity (Wildman–Crippen MR) is 128 cm³/mol. The van der Waals surface area contributed by atoms with Gasteiger partial charge in [0.1, 0.15) is 35.2 Å². The summed E-state index contributed by atoms with van der Waals surface area (Å²) in [4.78, 5) is 30.9. The van der Waals surface area contributed by atoms with Crippen molar-refractivity contribution in [2.45, 2.75) is 26.3 Å². The Hall–Kier alpha value is -4.67. The fraction of sp³-hybridized carbons (Fsp3) is 0.167. The van der Waals surface area contributed by atoms with Crippen LogP contribution in [0.2, 0.25) is 0 Å². The highest BCUT2D eigenvalue weighted by molar-refractivity contribution is 5.80. The van der Waals surface area contributed by atoms with Gasteiger partial charge in [-0.2, -0.15) is 4.98 Å². The highest BCUT2D eigenvalue weighted by Crippen LogP contribution is 2.32. The maximum atomic E-state index is 14.9. The summed E-state index contributed by atoms with van der Waals surface area (Å²) < 4.78 is 21.3. The van der Waals surface area contributed by atoms with Crippen LogP contribution in [-0.2, 0) is 0 Å². The van der Waals surface area contributed by atoms with Crippen LogP contribution < -0.4 is 16.6 Å². The Bertz CT molecular complexity index is 1600. The van der Waals surface area contributed by atoms with Crippen molar-refractivity contribution in [1.82, 2.24) is 29.7 Å². The minimum absolute atomic E-state index is 0.0993. The number of nitrogens with two attached hydrogens (primary N) is 1. The lowest BCUT2D eigenvalue weighted by molar-refractivity contribution is 0.394. The molecule has 0 saturated heterocycles. The lowest BCUT2D eigenvalue weighted by Crippen LogP contribution is -2.29. The number of aryl methyl sites for hydroxylation is 1. The van der Waals surface area contributed by atoms with E-state index in [4.69, 9.17) is 15.2 Å². The normalized spacial score (nSPS) is 12.1. The molecule has 0 aliphatic rings. The van der Waals surface area contributed by atoms with Gasteiger partial charge in [0.15, 0.2) is 0 Å². The van der Waals surface area contributed by atoms with Gasteiger partial charge in [-0.15, -0.1) is 0 Å². The van der Waals surface area contributed by atoms with E-state index in [2.05, 4.69) is 25.4 Å². The lowest BCUT2D eigenvalue weighted by Gasteiger charge is -2.23. The van der Waals surface area contributed by atoms with Gasteiger partial charge in [0.05, 0.1) is 22.6 Å². The van der Waals surface area contributed by atoms with Gasteiger partial charge in [0, 0.05) is 6.92 Å². The molecule has 0 aliphatic carbocycles. The number of benzene rings is 2. The highest BCUT2D eigenvalue weighted by Gasteiger charge is 2.25. The van der Waals surface area contributed by atoms with E-state index >= 15 is 0 Å². The first-order valence-corrected chi connectivity index (χ1v) is 10.9. The van der Waals surface area contributed by atoms with Crippen LogP contribution in [0.15, 0.2) is 64.2 Å². The van der Waals surface area contributed by atoms with Gasteiger partial charge in [0.2, 0.25) is 11.7 Å². The molecule has 1 atom stereocenters. The number of nitrogens with one attached hydrogen (secondary N) is 1. The van der Waals surface area contributed by atoms with Gasteiger partial charge in [-0.3, -0.25) is 9.36 Å². The molecule has 5 rings (SSSR count). The molecule has 0 radical (unpaired) electrons. The molecule has 3 aromatic heterocycles. The molecule has 3 N–H and O–H groups in total. The molecule has 3 heterocycles. The standard InChI is InChI=1S/C24H21FN8O2/c1-3-16(30-21-19(20(26)27-12-28-21)22-29-13(2)35-32-22)23-31-17-10-6-4-8-14(17)24(34)33(23)18-11-7-5-9-15(18)25/h4-12,16H,3H2,1-2H3,(H3,26,27,28,30). The van der Waals surface area contributed by atoms with Crippen molar-refractivity contribution in [2.24, 2.45) is 0 Å². The van der Waals surface area contributed by atoms with Crippen molar-refractivity contribution in [3.8, 4) is 17.1 Å². The Morgan fingerprint density at radius 2 is 1.89 bits per heavy atom. The van der Waals surface area contributed by atoms with Crippen LogP contribution in [0.5, 0.6) is 0 Å². The molecule has 2 aromatic carbocycles. The Morgan fingerprint density at radius 1 is 1.11 bits per heavy atom. The van der Waals surface area contributed by atoms with Crippen molar-refractivity contribution in [3.63, 3.8) is 0 Å². The third kappa shape index (κ3) is 3.97. The molecule has 0 spiro atoms. The summed E-state index contributed by atoms with van der Waals surface area (Å²) >= 11 is 0. The maximum absolute atomic E-state index is 14.9. The number of nitrogens with zero attached hydrogens (tertiary/aromatic N) is 6. The molecule has 0 bridgehead atoms. The Morgan fingerprint density at radius 3 is 2.63 bits per heavy atom. The number of rotatable bonds is 6. The molecule has 10 nitrogen and oxygen atoms in total. The van der Waals surface area contributed by atoms with Gasteiger partial charge >= 0.3 is 0 Å². The molecule has 0 aliphatic heterocycles. The second-order valence-corrected chi connectivity index (χ2v) is 7.80. The van der Waals surface area contributed by atoms with Crippen LogP contribution in [0, 0.1) is 12.7 Å². The largest absolute Gasteiger partial charge is 0.383 e. The third-order valence-corrected chi connectivity index (χ3v) is 5.55. The Labute approximate surface area is 198 Å². The maximum Gasteiger partial charge on any atom is 0.266 e. The smallest absolute Gasteiger partial charge is 0.266 e. The first-order valence-electron chi connectivity index (χ1n) is 10.9. The molecule has 0 amide bonds. The number of nitrogen functional groups attached to an aromatic ring is 1. The number of fused-ring (bicyclic) bond motifs is 1. The number of hydrogen-bond donors (Lipinski definition) is 2. The van der Waals surface area contributed by atoms with Crippen molar-refractivity contribution in [1.29, 1.82) is 0 Å². The number of halogens is 1. The molecular formula is C24H21FN8O2. The summed E-state index contributed by atoms with van der Waals surface area (Å²) in [5, 5.41) is 7.60. The highest BCUT2D eigenvalue weighted by atomic mass is 19.1. The summed E-state index contributed by atoms with van der Waals surface area (Å²) in [5.74, 6) is 0.816. The predicted octanol–water partition coefficient (Wildman–Crippen LogP) is 3.82. The summed E-state index contributed by atoms with van der Waals surface area (Å²) in [6, 6.07) is 12.5. The van der Waals surface area contributed by atoms with Gasteiger partial charge in [-0.1, -0.05) is 36.3 Å². The van der Waals surface area contributed by atoms with E-state index in [0.29, 0.717) is 40.4 Å². The van der Waals surface area contributed by atoms with E-state index in [1.54, 1.807) is 49.4 Å². The molecule has 1 unspecified atom stereocenters. The molecule has 5 aromatic rings. The number of para-hydroxylation sites is 2. The van der Waals surface area contributed by atoms with Gasteiger partial charge in [-0.25, -0.2) is 19.3 Å². The van der Waals surface area contributed by atoms with E-state index in [1.807, 2.05) is 6.92 Å². The number of aromatic nitrogens is 6. The summed E-state index contributed by atoms with van der Waals surface area (Å²) in [6.45, 7) is 3.57. The second kappa shape index (κ2) is 8.93. The summed E-state index contributed by atoms with van der Waals surface area (Å²) in [6.07, 6.45) is 1.78. The first kappa shape index (κ1) is 22.1. The molecule has 176 valence electrons. The van der Waals surface area contributed by atoms with Crippen molar-refractivity contribution >= 4 is 22.5 Å². The van der Waals surface area contributed by atoms with Crippen molar-refractivity contribution in [2.75, 3.05) is 11.1 Å². The zero-order valence-corrected chi connectivity index (χ0v) is 18.9. The van der Waals surface area contributed by atoms with E-state index in [1.165, 1.54) is 17.0 Å². The molecule has 0 fully saturated rings. The van der Waals surface area contributed by atoms with Gasteiger partial charge in [0.25, 0.3) is 5.56 Å². The van der Waals surface area contributed by atoms with E-state index in [0.717, 1.165) is 0 Å². The second-order valence-electron chi connectivity index (χ2n) is 7.80. The van der Waals surface area contributed by atoms with Gasteiger partial charge in [-0.05, 0) is 30.7 Å². The van der Waals surface area contributed by atoms with Crippen LogP contribution in [0.3, 0.4) is 0 Å². The van der Waals surface area contributed by atoms with E-state index in [9.17, 15) is 9.18 Å². The topological polar surface area (TPSA) is 138 Å². The van der Waals surface area contributed by atoms with E-state index < -0.39 is 11.9 Å². The Balaban J connectivity index is 1.71. The molecule has 35 heavy (non-hydrogen) atoms. The van der Waals surface area contributed by atoms with Gasteiger partial charge < -0.3 is 15.6 Å². The number of hydrogen-bond acceptors (Lipinski definition) is 9. The molecular weight excluding hydrogens is 451 g/mol. The molecule has 0 saturated carbocycles. The minimum atomic E-state index is -0.562. The van der Waals surface area contributed by atoms with Crippen LogP contribution >= 0.6 is 0 Å². The average Bonchev–Trinajstić information content (AvgIpc) is 3.29. The zero-order valence-electron chi connectivity index (χ0n) is 18.9. The van der Waals surface area contributed by atoms with E-state index in [-0.39, 0.29) is 22.9 Å². The quantitative estimate of drug-likeness (QED) is 0.378. The zero-order chi connectivity index (χ0) is 24.5. The monoisotopic (exact) mass is 472 g/mol. The lowest BCUT2D eigenvalue weighted by atomic mass is 10.1. The van der Waals surface area contributed by atoms with Crippen LogP contribution in [0.1, 0.15) is 31.1 Å². The molecule has 11 heteroatoms. The number of anilines is 2. The summed E-state index contributed by atoms with van der Waals surface area (Å²) in [7, 11) is 0. The summed E-state index contributed by atoms with van der Waals surface area (Å²) in [5.41, 5.74) is 6.69. The fourth-order valence-corrected chi connectivity index (χ4v) is 3.89. The Kier molecular flexibility index (Phi) is 5.65. The minimum Gasteiger partial charge on any atom is -0.383 e. The SMILES string of the molecule is CCC(Nc1ncnc(N)c1-c1noc(C)n1)c1nc2ccccc2c(=O)n1-c1ccccc1F. The van der Waals surface area contributed by atoms with Crippen molar-refractivity contribution in [3.05, 3.63) is 82.7 Å². The van der Waals surface area contributed by atoms with Crippen LogP contribution in [-0.4, -0.2) is 29.7 Å². The fourth-order valence-electron chi connectivity index (χ4n) is 3.89. The first-order chi connectivity index (χ1) is 17.0. The van der Waals surface area contributed by atoms with Crippen molar-refractivity contribution < 1.29 is 8.91 Å². The van der Waals surface area contributed by atoms with Crippen LogP contribution in [0.4, 0.5) is 16.0 Å². The average molecular weight is 472 g/mol. The third-order valence-electron chi connectivity index (χ3n) is 5.55.